The van der Waals surface area contributed by atoms with Crippen LogP contribution in [0.3, 0.4) is 0 Å². The van der Waals surface area contributed by atoms with E-state index in [4.69, 9.17) is 5.11 Å². The predicted molar refractivity (Wildman–Crippen MR) is 69.6 cm³/mol. The number of hydrogen-bond donors (Lipinski definition) is 3. The Labute approximate surface area is 115 Å². The van der Waals surface area contributed by atoms with Crippen molar-refractivity contribution in [3.63, 3.8) is 0 Å². The summed E-state index contributed by atoms with van der Waals surface area (Å²) in [7, 11) is 0. The molecule has 0 heterocycles. The Morgan fingerprint density at radius 2 is 2.00 bits per heavy atom. The van der Waals surface area contributed by atoms with Crippen LogP contribution in [0.15, 0.2) is 12.1 Å². The fraction of sp³-hybridized carbons (Fsp3) is 0.385. The zero-order chi connectivity index (χ0) is 15.3. The summed E-state index contributed by atoms with van der Waals surface area (Å²) in [6, 6.07) is 0.199. The van der Waals surface area contributed by atoms with Crippen molar-refractivity contribution in [2.75, 3.05) is 5.32 Å². The third-order valence-electron chi connectivity index (χ3n) is 2.70. The molecule has 2 amide bonds. The topological polar surface area (TPSA) is 78.4 Å². The van der Waals surface area contributed by atoms with E-state index in [2.05, 4.69) is 5.32 Å². The summed E-state index contributed by atoms with van der Waals surface area (Å²) in [5.74, 6) is -3.01. The van der Waals surface area contributed by atoms with Crippen molar-refractivity contribution in [1.29, 1.82) is 0 Å². The normalized spacial score (nSPS) is 11.8. The molecule has 3 N–H and O–H groups in total. The average molecular weight is 286 g/mol. The van der Waals surface area contributed by atoms with Crippen LogP contribution in [-0.2, 0) is 4.79 Å². The van der Waals surface area contributed by atoms with Gasteiger partial charge in [-0.25, -0.2) is 18.4 Å². The van der Waals surface area contributed by atoms with Gasteiger partial charge in [-0.1, -0.05) is 19.4 Å². The van der Waals surface area contributed by atoms with Gasteiger partial charge in [-0.2, -0.15) is 0 Å². The third-order valence-corrected chi connectivity index (χ3v) is 2.70. The number of hydrogen-bond acceptors (Lipinski definition) is 2. The molecule has 1 rings (SSSR count). The van der Waals surface area contributed by atoms with Crippen LogP contribution in [0, 0.1) is 18.6 Å². The Kier molecular flexibility index (Phi) is 5.42. The van der Waals surface area contributed by atoms with Gasteiger partial charge in [0.05, 0.1) is 0 Å². The SMILES string of the molecule is CCC[C@H](NC(=O)Nc1c(F)ccc(C)c1F)C(=O)O. The first kappa shape index (κ1) is 15.9. The summed E-state index contributed by atoms with van der Waals surface area (Å²) in [6.45, 7) is 3.18. The Balaban J connectivity index is 2.81. The standard InChI is InChI=1S/C13H16F2N2O3/c1-3-4-9(12(18)19)16-13(20)17-11-8(14)6-5-7(2)10(11)15/h5-6,9H,3-4H2,1-2H3,(H,18,19)(H2,16,17,20)/t9-/m0/s1. The van der Waals surface area contributed by atoms with E-state index >= 15 is 0 Å². The van der Waals surface area contributed by atoms with Gasteiger partial charge in [-0.3, -0.25) is 0 Å². The molecule has 0 unspecified atom stereocenters. The van der Waals surface area contributed by atoms with Gasteiger partial charge < -0.3 is 15.7 Å². The van der Waals surface area contributed by atoms with Gasteiger partial charge in [-0.05, 0) is 25.0 Å². The fourth-order valence-corrected chi connectivity index (χ4v) is 1.63. The van der Waals surface area contributed by atoms with Crippen LogP contribution in [0.4, 0.5) is 19.3 Å². The van der Waals surface area contributed by atoms with Gasteiger partial charge in [-0.15, -0.1) is 0 Å². The number of aliphatic carboxylic acids is 1. The van der Waals surface area contributed by atoms with E-state index in [1.807, 2.05) is 5.32 Å². The second-order valence-electron chi connectivity index (χ2n) is 4.33. The van der Waals surface area contributed by atoms with Crippen molar-refractivity contribution in [1.82, 2.24) is 5.32 Å². The summed E-state index contributed by atoms with van der Waals surface area (Å²) in [5, 5.41) is 13.0. The number of anilines is 1. The molecule has 0 saturated carbocycles. The number of carbonyl (C=O) groups is 2. The molecule has 1 atom stereocenters. The Morgan fingerprint density at radius 1 is 1.35 bits per heavy atom. The van der Waals surface area contributed by atoms with Gasteiger partial charge in [0, 0.05) is 0 Å². The van der Waals surface area contributed by atoms with Crippen molar-refractivity contribution >= 4 is 17.7 Å². The molecule has 1 aromatic rings. The molecule has 0 fully saturated rings. The van der Waals surface area contributed by atoms with Crippen LogP contribution in [0.2, 0.25) is 0 Å². The lowest BCUT2D eigenvalue weighted by Crippen LogP contribution is -2.43. The largest absolute Gasteiger partial charge is 0.480 e. The molecule has 0 aliphatic rings. The molecule has 0 aromatic heterocycles. The van der Waals surface area contributed by atoms with E-state index < -0.39 is 35.4 Å². The van der Waals surface area contributed by atoms with E-state index in [-0.39, 0.29) is 12.0 Å². The van der Waals surface area contributed by atoms with Gasteiger partial charge in [0.15, 0.2) is 5.82 Å². The van der Waals surface area contributed by atoms with E-state index in [0.29, 0.717) is 6.42 Å². The molecule has 5 nitrogen and oxygen atoms in total. The predicted octanol–water partition coefficient (Wildman–Crippen LogP) is 2.65. The zero-order valence-corrected chi connectivity index (χ0v) is 11.2. The second kappa shape index (κ2) is 6.83. The Morgan fingerprint density at radius 3 is 2.55 bits per heavy atom. The summed E-state index contributed by atoms with van der Waals surface area (Å²) in [4.78, 5) is 22.5. The number of aryl methyl sites for hydroxylation is 1. The second-order valence-corrected chi connectivity index (χ2v) is 4.33. The molecule has 20 heavy (non-hydrogen) atoms. The quantitative estimate of drug-likeness (QED) is 0.778. The first-order chi connectivity index (χ1) is 9.36. The average Bonchev–Trinajstić information content (AvgIpc) is 2.38. The Hall–Kier alpha value is -2.18. The number of carbonyl (C=O) groups excluding carboxylic acids is 1. The van der Waals surface area contributed by atoms with Crippen molar-refractivity contribution in [2.24, 2.45) is 0 Å². The first-order valence-corrected chi connectivity index (χ1v) is 6.11. The maximum Gasteiger partial charge on any atom is 0.326 e. The van der Waals surface area contributed by atoms with Gasteiger partial charge in [0.25, 0.3) is 0 Å². The number of amides is 2. The van der Waals surface area contributed by atoms with Crippen molar-refractivity contribution < 1.29 is 23.5 Å². The van der Waals surface area contributed by atoms with Gasteiger partial charge in [0.1, 0.15) is 17.5 Å². The number of benzene rings is 1. The minimum Gasteiger partial charge on any atom is -0.480 e. The van der Waals surface area contributed by atoms with Gasteiger partial charge >= 0.3 is 12.0 Å². The van der Waals surface area contributed by atoms with Crippen LogP contribution in [0.5, 0.6) is 0 Å². The number of carboxylic acids is 1. The molecule has 0 spiro atoms. The zero-order valence-electron chi connectivity index (χ0n) is 11.2. The number of rotatable bonds is 5. The Bertz CT molecular complexity index is 521. The molecule has 1 aromatic carbocycles. The van der Waals surface area contributed by atoms with Crippen molar-refractivity contribution in [3.05, 3.63) is 29.3 Å². The number of urea groups is 1. The highest BCUT2D eigenvalue weighted by atomic mass is 19.1. The van der Waals surface area contributed by atoms with Crippen molar-refractivity contribution in [2.45, 2.75) is 32.7 Å². The number of carboxylic acid groups (broad SMARTS) is 1. The van der Waals surface area contributed by atoms with E-state index in [0.717, 1.165) is 6.07 Å². The molecule has 0 aliphatic carbocycles. The summed E-state index contributed by atoms with van der Waals surface area (Å²) >= 11 is 0. The lowest BCUT2D eigenvalue weighted by atomic mass is 10.2. The molecule has 7 heteroatoms. The third kappa shape index (κ3) is 3.91. The molecule has 0 aliphatic heterocycles. The molecular weight excluding hydrogens is 270 g/mol. The first-order valence-electron chi connectivity index (χ1n) is 6.11. The molecule has 0 radical (unpaired) electrons. The molecule has 0 saturated heterocycles. The fourth-order valence-electron chi connectivity index (χ4n) is 1.63. The minimum atomic E-state index is -1.20. The summed E-state index contributed by atoms with van der Waals surface area (Å²) < 4.78 is 27.1. The molecular formula is C13H16F2N2O3. The van der Waals surface area contributed by atoms with E-state index in [1.54, 1.807) is 6.92 Å². The monoisotopic (exact) mass is 286 g/mol. The molecule has 0 bridgehead atoms. The van der Waals surface area contributed by atoms with E-state index in [9.17, 15) is 18.4 Å². The van der Waals surface area contributed by atoms with Crippen LogP contribution in [0.25, 0.3) is 0 Å². The summed E-state index contributed by atoms with van der Waals surface area (Å²) in [5.41, 5.74) is -0.423. The maximum atomic E-state index is 13.7. The maximum absolute atomic E-state index is 13.7. The van der Waals surface area contributed by atoms with Crippen LogP contribution in [-0.4, -0.2) is 23.1 Å². The lowest BCUT2D eigenvalue weighted by Gasteiger charge is -2.15. The summed E-state index contributed by atoms with van der Waals surface area (Å²) in [6.07, 6.45) is 0.770. The smallest absolute Gasteiger partial charge is 0.326 e. The highest BCUT2D eigenvalue weighted by molar-refractivity contribution is 5.92. The van der Waals surface area contributed by atoms with Crippen LogP contribution in [0.1, 0.15) is 25.3 Å². The highest BCUT2D eigenvalue weighted by Crippen LogP contribution is 2.21. The minimum absolute atomic E-state index is 0.171. The number of nitrogens with one attached hydrogen (secondary N) is 2. The van der Waals surface area contributed by atoms with Crippen LogP contribution >= 0.6 is 0 Å². The number of halogens is 2. The molecule has 110 valence electrons. The highest BCUT2D eigenvalue weighted by Gasteiger charge is 2.20. The van der Waals surface area contributed by atoms with Gasteiger partial charge in [0.2, 0.25) is 0 Å². The lowest BCUT2D eigenvalue weighted by molar-refractivity contribution is -0.139. The van der Waals surface area contributed by atoms with Crippen LogP contribution < -0.4 is 10.6 Å². The van der Waals surface area contributed by atoms with E-state index in [1.165, 1.54) is 13.0 Å². The van der Waals surface area contributed by atoms with Crippen molar-refractivity contribution in [3.8, 4) is 0 Å².